The number of halogens is 2. The number of esters is 1. The molecule has 148 valence electrons. The molecule has 6 nitrogen and oxygen atoms in total. The molecule has 9 heteroatoms. The van der Waals surface area contributed by atoms with Crippen molar-refractivity contribution in [2.75, 3.05) is 21.3 Å². The first-order chi connectivity index (χ1) is 13.4. The second-order valence-electron chi connectivity index (χ2n) is 5.96. The number of amides is 1. The largest absolute Gasteiger partial charge is 0.493 e. The predicted octanol–water partition coefficient (Wildman–Crippen LogP) is 1.47. The summed E-state index contributed by atoms with van der Waals surface area (Å²) in [6.45, 7) is 0. The summed E-state index contributed by atoms with van der Waals surface area (Å²) in [5.41, 5.74) is 1.28. The summed E-state index contributed by atoms with van der Waals surface area (Å²) in [6, 6.07) is 8.44. The van der Waals surface area contributed by atoms with Crippen LogP contribution in [0.25, 0.3) is 0 Å². The van der Waals surface area contributed by atoms with Gasteiger partial charge in [-0.25, -0.2) is 13.6 Å². The molecule has 1 N–H and O–H groups in total. The Labute approximate surface area is 161 Å². The van der Waals surface area contributed by atoms with Gasteiger partial charge in [-0.05, 0) is 23.2 Å². The average molecular weight is 391 g/mol. The summed E-state index contributed by atoms with van der Waals surface area (Å²) in [6.07, 6.45) is 0.126. The minimum atomic E-state index is -1.03. The zero-order valence-corrected chi connectivity index (χ0v) is 15.7. The van der Waals surface area contributed by atoms with E-state index in [4.69, 9.17) is 14.0 Å². The number of carbonyl (C=O) groups excluding carboxylic acids is 2. The van der Waals surface area contributed by atoms with Gasteiger partial charge in [0.1, 0.15) is 17.7 Å². The standard InChI is InChI=1S/C19H20BF2NO5/c1-26-19(25)17(23-18(24)13-9-15(21)11-16(22)10-13)8-12-4-6-14(7-5-12)20(27-2)28-3/h4-7,9-11,17H,8H2,1-3H3,(H,23,24)/t17-/m1/s1. The Balaban J connectivity index is 2.15. The van der Waals surface area contributed by atoms with E-state index in [9.17, 15) is 18.4 Å². The van der Waals surface area contributed by atoms with Crippen LogP contribution in [0.3, 0.4) is 0 Å². The monoisotopic (exact) mass is 391 g/mol. The summed E-state index contributed by atoms with van der Waals surface area (Å²) in [4.78, 5) is 24.4. The third kappa shape index (κ3) is 5.61. The molecule has 2 rings (SSSR count). The molecule has 0 aliphatic rings. The van der Waals surface area contributed by atoms with Crippen molar-refractivity contribution in [3.63, 3.8) is 0 Å². The second-order valence-corrected chi connectivity index (χ2v) is 5.96. The third-order valence-corrected chi connectivity index (χ3v) is 4.04. The van der Waals surface area contributed by atoms with Gasteiger partial charge in [0.15, 0.2) is 0 Å². The number of ether oxygens (including phenoxy) is 1. The van der Waals surface area contributed by atoms with Crippen molar-refractivity contribution in [3.05, 3.63) is 65.2 Å². The quantitative estimate of drug-likeness (QED) is 0.545. The number of nitrogens with one attached hydrogen (secondary N) is 1. The minimum absolute atomic E-state index is 0.126. The van der Waals surface area contributed by atoms with Gasteiger partial charge in [0, 0.05) is 32.3 Å². The summed E-state index contributed by atoms with van der Waals surface area (Å²) in [5.74, 6) is -3.24. The molecule has 1 atom stereocenters. The van der Waals surface area contributed by atoms with Gasteiger partial charge in [-0.2, -0.15) is 0 Å². The van der Waals surface area contributed by atoms with Crippen LogP contribution in [-0.2, 0) is 25.3 Å². The molecule has 0 spiro atoms. The van der Waals surface area contributed by atoms with E-state index in [1.165, 1.54) is 21.3 Å². The van der Waals surface area contributed by atoms with E-state index >= 15 is 0 Å². The number of hydrogen-bond donors (Lipinski definition) is 1. The molecule has 0 bridgehead atoms. The molecule has 2 aromatic carbocycles. The molecule has 0 fully saturated rings. The van der Waals surface area contributed by atoms with E-state index < -0.39 is 36.7 Å². The van der Waals surface area contributed by atoms with E-state index in [2.05, 4.69) is 5.32 Å². The van der Waals surface area contributed by atoms with Crippen LogP contribution < -0.4 is 10.8 Å². The first-order valence-electron chi connectivity index (χ1n) is 8.37. The summed E-state index contributed by atoms with van der Waals surface area (Å²) < 4.78 is 41.7. The van der Waals surface area contributed by atoms with Gasteiger partial charge in [0.05, 0.1) is 7.11 Å². The average Bonchev–Trinajstić information content (AvgIpc) is 2.68. The molecule has 0 saturated carbocycles. The van der Waals surface area contributed by atoms with Crippen molar-refractivity contribution in [1.82, 2.24) is 5.32 Å². The first kappa shape index (κ1) is 21.5. The van der Waals surface area contributed by atoms with Crippen LogP contribution in [0.15, 0.2) is 42.5 Å². The molecule has 2 aromatic rings. The Morgan fingerprint density at radius 1 is 1.00 bits per heavy atom. The van der Waals surface area contributed by atoms with Crippen molar-refractivity contribution < 1.29 is 32.4 Å². The molecule has 0 saturated heterocycles. The van der Waals surface area contributed by atoms with E-state index in [-0.39, 0.29) is 12.0 Å². The van der Waals surface area contributed by atoms with Crippen LogP contribution in [-0.4, -0.2) is 46.4 Å². The van der Waals surface area contributed by atoms with E-state index in [0.717, 1.165) is 23.2 Å². The fourth-order valence-corrected chi connectivity index (χ4v) is 2.68. The SMILES string of the molecule is COB(OC)c1ccc(C[C@@H](NC(=O)c2cc(F)cc(F)c2)C(=O)OC)cc1. The Morgan fingerprint density at radius 3 is 2.07 bits per heavy atom. The van der Waals surface area contributed by atoms with Crippen molar-refractivity contribution in [2.45, 2.75) is 12.5 Å². The highest BCUT2D eigenvalue weighted by molar-refractivity contribution is 6.61. The maximum absolute atomic E-state index is 13.3. The highest BCUT2D eigenvalue weighted by Crippen LogP contribution is 2.10. The fourth-order valence-electron chi connectivity index (χ4n) is 2.68. The minimum Gasteiger partial charge on any atom is -0.467 e. The van der Waals surface area contributed by atoms with Crippen LogP contribution >= 0.6 is 0 Å². The molecule has 0 aliphatic carbocycles. The van der Waals surface area contributed by atoms with Crippen LogP contribution in [0.2, 0.25) is 0 Å². The molecule has 0 aromatic heterocycles. The first-order valence-corrected chi connectivity index (χ1v) is 8.37. The van der Waals surface area contributed by atoms with Gasteiger partial charge in [-0.1, -0.05) is 24.3 Å². The molecular formula is C19H20BF2NO5. The Hall–Kier alpha value is -2.78. The molecule has 0 unspecified atom stereocenters. The zero-order valence-electron chi connectivity index (χ0n) is 15.7. The maximum Gasteiger partial charge on any atom is 0.493 e. The highest BCUT2D eigenvalue weighted by Gasteiger charge is 2.24. The van der Waals surface area contributed by atoms with E-state index in [1.807, 2.05) is 0 Å². The lowest BCUT2D eigenvalue weighted by Crippen LogP contribution is -2.43. The number of methoxy groups -OCH3 is 1. The van der Waals surface area contributed by atoms with E-state index in [1.54, 1.807) is 24.3 Å². The highest BCUT2D eigenvalue weighted by atomic mass is 19.1. The van der Waals surface area contributed by atoms with E-state index in [0.29, 0.717) is 6.07 Å². The molecule has 0 radical (unpaired) electrons. The Kier molecular flexibility index (Phi) is 7.65. The Bertz CT molecular complexity index is 807. The van der Waals surface area contributed by atoms with Gasteiger partial charge in [-0.3, -0.25) is 4.79 Å². The van der Waals surface area contributed by atoms with Crippen LogP contribution in [0.1, 0.15) is 15.9 Å². The Morgan fingerprint density at radius 2 is 1.57 bits per heavy atom. The fraction of sp³-hybridized carbons (Fsp3) is 0.263. The van der Waals surface area contributed by atoms with Gasteiger partial charge < -0.3 is 19.4 Å². The van der Waals surface area contributed by atoms with Crippen LogP contribution in [0.4, 0.5) is 8.78 Å². The molecular weight excluding hydrogens is 371 g/mol. The normalized spacial score (nSPS) is 11.6. The van der Waals surface area contributed by atoms with Crippen LogP contribution in [0, 0.1) is 11.6 Å². The maximum atomic E-state index is 13.3. The van der Waals surface area contributed by atoms with Crippen molar-refractivity contribution in [2.24, 2.45) is 0 Å². The number of carbonyl (C=O) groups is 2. The molecule has 0 aliphatic heterocycles. The second kappa shape index (κ2) is 9.96. The van der Waals surface area contributed by atoms with Gasteiger partial charge in [0.25, 0.3) is 5.91 Å². The molecule has 1 amide bonds. The van der Waals surface area contributed by atoms with Gasteiger partial charge in [-0.15, -0.1) is 0 Å². The molecule has 0 heterocycles. The lowest BCUT2D eigenvalue weighted by molar-refractivity contribution is -0.142. The van der Waals surface area contributed by atoms with Crippen molar-refractivity contribution >= 4 is 24.5 Å². The summed E-state index contributed by atoms with van der Waals surface area (Å²) in [5, 5.41) is 2.45. The zero-order chi connectivity index (χ0) is 20.7. The van der Waals surface area contributed by atoms with Crippen LogP contribution in [0.5, 0.6) is 0 Å². The lowest BCUT2D eigenvalue weighted by atomic mass is 9.78. The summed E-state index contributed by atoms with van der Waals surface area (Å²) in [7, 11) is 3.70. The topological polar surface area (TPSA) is 73.9 Å². The number of rotatable bonds is 8. The number of hydrogen-bond acceptors (Lipinski definition) is 5. The smallest absolute Gasteiger partial charge is 0.467 e. The molecule has 28 heavy (non-hydrogen) atoms. The van der Waals surface area contributed by atoms with Crippen molar-refractivity contribution in [3.8, 4) is 0 Å². The van der Waals surface area contributed by atoms with Gasteiger partial charge in [0.2, 0.25) is 0 Å². The van der Waals surface area contributed by atoms with Crippen molar-refractivity contribution in [1.29, 1.82) is 0 Å². The lowest BCUT2D eigenvalue weighted by Gasteiger charge is -2.17. The van der Waals surface area contributed by atoms with Gasteiger partial charge >= 0.3 is 13.1 Å². The predicted molar refractivity (Wildman–Crippen MR) is 99.2 cm³/mol. The summed E-state index contributed by atoms with van der Waals surface area (Å²) >= 11 is 0. The third-order valence-electron chi connectivity index (χ3n) is 4.04. The number of benzene rings is 2.